The first kappa shape index (κ1) is 14.3. The van der Waals surface area contributed by atoms with Gasteiger partial charge in [-0.1, -0.05) is 28.9 Å². The lowest BCUT2D eigenvalue weighted by Gasteiger charge is -2.12. The highest BCUT2D eigenvalue weighted by molar-refractivity contribution is 9.08. The van der Waals surface area contributed by atoms with Gasteiger partial charge in [-0.2, -0.15) is 0 Å². The monoisotopic (exact) mass is 302 g/mol. The highest BCUT2D eigenvalue weighted by Gasteiger charge is 2.05. The molecular weight excluding hydrogens is 284 g/mol. The van der Waals surface area contributed by atoms with E-state index in [1.54, 1.807) is 0 Å². The van der Waals surface area contributed by atoms with E-state index in [4.69, 9.17) is 14.2 Å². The third kappa shape index (κ3) is 4.96. The van der Waals surface area contributed by atoms with Crippen molar-refractivity contribution in [2.24, 2.45) is 0 Å². The molecule has 0 fully saturated rings. The minimum absolute atomic E-state index is 0.272. The average molecular weight is 303 g/mol. The molecule has 0 amide bonds. The van der Waals surface area contributed by atoms with Crippen LogP contribution >= 0.6 is 15.9 Å². The van der Waals surface area contributed by atoms with Crippen molar-refractivity contribution in [1.82, 2.24) is 0 Å². The van der Waals surface area contributed by atoms with Gasteiger partial charge in [0.05, 0.1) is 6.61 Å². The van der Waals surface area contributed by atoms with Crippen LogP contribution in [0.4, 0.5) is 0 Å². The van der Waals surface area contributed by atoms with Gasteiger partial charge in [0.1, 0.15) is 11.5 Å². The quantitative estimate of drug-likeness (QED) is 0.416. The minimum Gasteiger partial charge on any atom is -0.493 e. The number of benzene rings is 1. The maximum Gasteiger partial charge on any atom is 0.189 e. The molecule has 3 nitrogen and oxygen atoms in total. The molecule has 0 aliphatic carbocycles. The lowest BCUT2D eigenvalue weighted by atomic mass is 10.2. The predicted octanol–water partition coefficient (Wildman–Crippen LogP) is 3.74. The molecule has 1 aromatic rings. The first-order chi connectivity index (χ1) is 8.31. The average Bonchev–Trinajstić information content (AvgIpc) is 2.37. The van der Waals surface area contributed by atoms with Gasteiger partial charge in [-0.3, -0.25) is 0 Å². The zero-order valence-corrected chi connectivity index (χ0v) is 12.0. The maximum atomic E-state index is 5.57. The van der Waals surface area contributed by atoms with Crippen LogP contribution in [0.1, 0.15) is 25.8 Å². The van der Waals surface area contributed by atoms with Crippen molar-refractivity contribution in [3.05, 3.63) is 23.8 Å². The summed E-state index contributed by atoms with van der Waals surface area (Å²) in [6.45, 7) is 5.66. The molecule has 0 saturated carbocycles. The van der Waals surface area contributed by atoms with Crippen molar-refractivity contribution >= 4 is 15.9 Å². The predicted molar refractivity (Wildman–Crippen MR) is 72.0 cm³/mol. The van der Waals surface area contributed by atoms with E-state index in [9.17, 15) is 0 Å². The Labute approximate surface area is 111 Å². The molecule has 1 rings (SSSR count). The lowest BCUT2D eigenvalue weighted by molar-refractivity contribution is 0.0218. The smallest absolute Gasteiger partial charge is 0.189 e. The zero-order valence-electron chi connectivity index (χ0n) is 10.4. The van der Waals surface area contributed by atoms with Gasteiger partial charge in [0.15, 0.2) is 6.79 Å². The normalized spacial score (nSPS) is 10.3. The van der Waals surface area contributed by atoms with Crippen LogP contribution in [0.15, 0.2) is 18.2 Å². The second-order valence-corrected chi connectivity index (χ2v) is 4.07. The molecule has 0 atom stereocenters. The van der Waals surface area contributed by atoms with Crippen molar-refractivity contribution in [1.29, 1.82) is 0 Å². The van der Waals surface area contributed by atoms with Gasteiger partial charge in [0.2, 0.25) is 0 Å². The number of alkyl halides is 1. The summed E-state index contributed by atoms with van der Waals surface area (Å²) in [6, 6.07) is 5.87. The van der Waals surface area contributed by atoms with E-state index >= 15 is 0 Å². The molecule has 0 saturated heterocycles. The molecule has 0 aliphatic heterocycles. The minimum atomic E-state index is 0.272. The van der Waals surface area contributed by atoms with E-state index in [-0.39, 0.29) is 6.79 Å². The third-order valence-corrected chi connectivity index (χ3v) is 2.76. The number of rotatable bonds is 8. The lowest BCUT2D eigenvalue weighted by Crippen LogP contribution is -2.04. The van der Waals surface area contributed by atoms with Crippen molar-refractivity contribution in [3.63, 3.8) is 0 Å². The van der Waals surface area contributed by atoms with Crippen LogP contribution in [0.3, 0.4) is 0 Å². The second kappa shape index (κ2) is 8.37. The van der Waals surface area contributed by atoms with E-state index < -0.39 is 0 Å². The summed E-state index contributed by atoms with van der Waals surface area (Å²) < 4.78 is 16.3. The molecule has 0 aliphatic rings. The number of hydrogen-bond donors (Lipinski definition) is 0. The molecule has 1 aromatic carbocycles. The highest BCUT2D eigenvalue weighted by atomic mass is 79.9. The van der Waals surface area contributed by atoms with Crippen molar-refractivity contribution in [2.45, 2.75) is 25.6 Å². The number of hydrogen-bond acceptors (Lipinski definition) is 3. The van der Waals surface area contributed by atoms with E-state index in [2.05, 4.69) is 22.9 Å². The summed E-state index contributed by atoms with van der Waals surface area (Å²) in [6.07, 6.45) is 0.995. The molecule has 0 spiro atoms. The molecule has 96 valence electrons. The van der Waals surface area contributed by atoms with Crippen molar-refractivity contribution < 1.29 is 14.2 Å². The Morgan fingerprint density at radius 3 is 2.65 bits per heavy atom. The molecule has 0 unspecified atom stereocenters. The molecule has 4 heteroatoms. The van der Waals surface area contributed by atoms with Crippen molar-refractivity contribution in [2.75, 3.05) is 20.0 Å². The topological polar surface area (TPSA) is 27.7 Å². The van der Waals surface area contributed by atoms with Gasteiger partial charge in [0, 0.05) is 23.6 Å². The fourth-order valence-electron chi connectivity index (χ4n) is 1.28. The van der Waals surface area contributed by atoms with Gasteiger partial charge in [-0.25, -0.2) is 0 Å². The maximum absolute atomic E-state index is 5.57. The van der Waals surface area contributed by atoms with Crippen molar-refractivity contribution in [3.8, 4) is 11.5 Å². The fourth-order valence-corrected chi connectivity index (χ4v) is 1.74. The van der Waals surface area contributed by atoms with Crippen LogP contribution in [0.25, 0.3) is 0 Å². The molecule has 0 radical (unpaired) electrons. The zero-order chi connectivity index (χ0) is 12.5. The first-order valence-electron chi connectivity index (χ1n) is 5.84. The number of halogens is 1. The molecule has 0 N–H and O–H groups in total. The Kier molecular flexibility index (Phi) is 7.05. The largest absolute Gasteiger partial charge is 0.493 e. The molecule has 0 aromatic heterocycles. The van der Waals surface area contributed by atoms with Crippen LogP contribution in [0.5, 0.6) is 11.5 Å². The Balaban J connectivity index is 2.68. The summed E-state index contributed by atoms with van der Waals surface area (Å²) in [5, 5.41) is 0.752. The molecule has 17 heavy (non-hydrogen) atoms. The van der Waals surface area contributed by atoms with Crippen LogP contribution in [0.2, 0.25) is 0 Å². The summed E-state index contributed by atoms with van der Waals surface area (Å²) in [5.74, 6) is 1.65. The summed E-state index contributed by atoms with van der Waals surface area (Å²) in [4.78, 5) is 0. The third-order valence-electron chi connectivity index (χ3n) is 2.16. The Bertz CT molecular complexity index is 328. The summed E-state index contributed by atoms with van der Waals surface area (Å²) in [5.41, 5.74) is 1.09. The molecule has 0 bridgehead atoms. The first-order valence-corrected chi connectivity index (χ1v) is 6.96. The van der Waals surface area contributed by atoms with E-state index in [1.807, 2.05) is 25.1 Å². The fraction of sp³-hybridized carbons (Fsp3) is 0.538. The SMILES string of the molecule is CCCOc1ccc(CBr)c(OCOCC)c1. The van der Waals surface area contributed by atoms with Crippen LogP contribution in [-0.2, 0) is 10.1 Å². The van der Waals surface area contributed by atoms with Gasteiger partial charge in [-0.05, 0) is 19.4 Å². The summed E-state index contributed by atoms with van der Waals surface area (Å²) >= 11 is 3.43. The second-order valence-electron chi connectivity index (χ2n) is 3.51. The number of ether oxygens (including phenoxy) is 3. The van der Waals surface area contributed by atoms with E-state index in [0.29, 0.717) is 6.61 Å². The molecule has 0 heterocycles. The Hall–Kier alpha value is -0.740. The highest BCUT2D eigenvalue weighted by Crippen LogP contribution is 2.26. The summed E-state index contributed by atoms with van der Waals surface area (Å²) in [7, 11) is 0. The standard InChI is InChI=1S/C13H19BrO3/c1-3-7-16-12-6-5-11(9-14)13(8-12)17-10-15-4-2/h5-6,8H,3-4,7,9-10H2,1-2H3. The van der Waals surface area contributed by atoms with Gasteiger partial charge < -0.3 is 14.2 Å². The van der Waals surface area contributed by atoms with Crippen LogP contribution < -0.4 is 9.47 Å². The Morgan fingerprint density at radius 1 is 1.18 bits per heavy atom. The van der Waals surface area contributed by atoms with Gasteiger partial charge in [-0.15, -0.1) is 0 Å². The van der Waals surface area contributed by atoms with E-state index in [1.165, 1.54) is 0 Å². The van der Waals surface area contributed by atoms with Gasteiger partial charge in [0.25, 0.3) is 0 Å². The van der Waals surface area contributed by atoms with Crippen LogP contribution in [0, 0.1) is 0 Å². The molecular formula is C13H19BrO3. The van der Waals surface area contributed by atoms with Crippen LogP contribution in [-0.4, -0.2) is 20.0 Å². The van der Waals surface area contributed by atoms with Gasteiger partial charge >= 0.3 is 0 Å². The van der Waals surface area contributed by atoms with E-state index in [0.717, 1.165) is 35.4 Å². The Morgan fingerprint density at radius 2 is 2.00 bits per heavy atom.